The molecule has 20 heavy (non-hydrogen) atoms. The number of rotatable bonds is 4. The molecule has 1 aliphatic heterocycles. The van der Waals surface area contributed by atoms with Crippen LogP contribution in [0.5, 0.6) is 0 Å². The average molecular weight is 305 g/mol. The molecule has 116 valence electrons. The first-order valence-corrected chi connectivity index (χ1v) is 9.09. The fourth-order valence-electron chi connectivity index (χ4n) is 2.87. The van der Waals surface area contributed by atoms with Crippen molar-refractivity contribution >= 4 is 16.2 Å². The molecular formula is C13H23NO5S. The molecule has 0 aromatic rings. The summed E-state index contributed by atoms with van der Waals surface area (Å²) in [7, 11) is -3.49. The number of carbonyl (C=O) groups is 1. The molecule has 6 nitrogen and oxygen atoms in total. The van der Waals surface area contributed by atoms with Crippen LogP contribution < -0.4 is 0 Å². The molecule has 0 spiro atoms. The predicted molar refractivity (Wildman–Crippen MR) is 73.9 cm³/mol. The minimum atomic E-state index is -3.49. The Morgan fingerprint density at radius 1 is 1.20 bits per heavy atom. The largest absolute Gasteiger partial charge is 0.442 e. The highest BCUT2D eigenvalue weighted by atomic mass is 32.2. The molecule has 1 aliphatic carbocycles. The number of hydrogen-bond acceptors (Lipinski definition) is 5. The maximum Gasteiger partial charge on any atom is 0.410 e. The molecule has 2 aliphatic rings. The van der Waals surface area contributed by atoms with Gasteiger partial charge in [-0.25, -0.2) is 4.79 Å². The summed E-state index contributed by atoms with van der Waals surface area (Å²) in [6, 6.07) is 0.228. The van der Waals surface area contributed by atoms with Gasteiger partial charge >= 0.3 is 6.09 Å². The smallest absolute Gasteiger partial charge is 0.410 e. The molecule has 0 aromatic carbocycles. The van der Waals surface area contributed by atoms with Crippen molar-refractivity contribution in [3.05, 3.63) is 0 Å². The average Bonchev–Trinajstić information content (AvgIpc) is 2.67. The fourth-order valence-corrected chi connectivity index (χ4v) is 3.27. The first kappa shape index (κ1) is 15.6. The third kappa shape index (κ3) is 4.63. The Morgan fingerprint density at radius 2 is 1.80 bits per heavy atom. The zero-order valence-corrected chi connectivity index (χ0v) is 12.7. The van der Waals surface area contributed by atoms with Gasteiger partial charge in [0.15, 0.2) is 0 Å². The quantitative estimate of drug-likeness (QED) is 0.742. The Bertz CT molecular complexity index is 428. The zero-order valence-electron chi connectivity index (χ0n) is 11.9. The molecule has 1 atom stereocenters. The lowest BCUT2D eigenvalue weighted by atomic mass is 9.96. The number of amides is 1. The highest BCUT2D eigenvalue weighted by Crippen LogP contribution is 2.25. The first-order chi connectivity index (χ1) is 9.46. The number of nitrogens with zero attached hydrogens (tertiary/aromatic N) is 1. The van der Waals surface area contributed by atoms with Crippen molar-refractivity contribution in [3.63, 3.8) is 0 Å². The highest BCUT2D eigenvalue weighted by Gasteiger charge is 2.36. The van der Waals surface area contributed by atoms with Crippen molar-refractivity contribution in [2.24, 2.45) is 0 Å². The Balaban J connectivity index is 1.87. The summed E-state index contributed by atoms with van der Waals surface area (Å²) in [5, 5.41) is 0. The zero-order chi connectivity index (χ0) is 14.6. The van der Waals surface area contributed by atoms with Gasteiger partial charge in [-0.2, -0.15) is 8.42 Å². The molecule has 1 saturated heterocycles. The van der Waals surface area contributed by atoms with E-state index in [1.807, 2.05) is 0 Å². The normalized spacial score (nSPS) is 26.1. The first-order valence-electron chi connectivity index (χ1n) is 7.27. The number of cyclic esters (lactones) is 1. The van der Waals surface area contributed by atoms with Crippen molar-refractivity contribution in [2.75, 3.05) is 19.4 Å². The maximum atomic E-state index is 11.9. The summed E-state index contributed by atoms with van der Waals surface area (Å²) in [4.78, 5) is 13.7. The number of ether oxygens (including phenoxy) is 1. The lowest BCUT2D eigenvalue weighted by Crippen LogP contribution is -2.37. The van der Waals surface area contributed by atoms with E-state index >= 15 is 0 Å². The predicted octanol–water partition coefficient (Wildman–Crippen LogP) is 1.90. The van der Waals surface area contributed by atoms with Crippen LogP contribution in [0.3, 0.4) is 0 Å². The van der Waals surface area contributed by atoms with E-state index in [1.54, 1.807) is 4.90 Å². The van der Waals surface area contributed by atoms with Crippen LogP contribution in [0, 0.1) is 0 Å². The molecule has 0 bridgehead atoms. The second-order valence-electron chi connectivity index (χ2n) is 5.65. The summed E-state index contributed by atoms with van der Waals surface area (Å²) in [5.41, 5.74) is 0. The van der Waals surface area contributed by atoms with Gasteiger partial charge in [0.25, 0.3) is 10.1 Å². The van der Waals surface area contributed by atoms with Gasteiger partial charge < -0.3 is 9.64 Å². The molecule has 2 rings (SSSR count). The van der Waals surface area contributed by atoms with E-state index < -0.39 is 16.2 Å². The summed E-state index contributed by atoms with van der Waals surface area (Å²) < 4.78 is 31.8. The summed E-state index contributed by atoms with van der Waals surface area (Å²) in [5.74, 6) is 0. The minimum absolute atomic E-state index is 0.0895. The van der Waals surface area contributed by atoms with Gasteiger partial charge in [-0.1, -0.05) is 32.1 Å². The van der Waals surface area contributed by atoms with Gasteiger partial charge in [0.05, 0.1) is 12.8 Å². The topological polar surface area (TPSA) is 72.9 Å². The van der Waals surface area contributed by atoms with E-state index in [9.17, 15) is 13.2 Å². The molecule has 0 N–H and O–H groups in total. The van der Waals surface area contributed by atoms with Gasteiger partial charge in [0.1, 0.15) is 12.7 Å². The second-order valence-corrected chi connectivity index (χ2v) is 7.29. The van der Waals surface area contributed by atoms with E-state index in [0.29, 0.717) is 6.54 Å². The highest BCUT2D eigenvalue weighted by molar-refractivity contribution is 7.85. The van der Waals surface area contributed by atoms with Crippen molar-refractivity contribution in [3.8, 4) is 0 Å². The van der Waals surface area contributed by atoms with Crippen LogP contribution in [0.4, 0.5) is 4.79 Å². The van der Waals surface area contributed by atoms with E-state index in [4.69, 9.17) is 8.92 Å². The summed E-state index contributed by atoms with van der Waals surface area (Å²) in [6.45, 7) is 0.340. The Morgan fingerprint density at radius 3 is 2.40 bits per heavy atom. The molecule has 1 saturated carbocycles. The summed E-state index contributed by atoms with van der Waals surface area (Å²) in [6.07, 6.45) is 8.19. The SMILES string of the molecule is CS(=O)(=O)OC[C@H]1CN(C2CCCCCCC2)C(=O)O1. The van der Waals surface area contributed by atoms with Gasteiger partial charge in [-0.05, 0) is 12.8 Å². The van der Waals surface area contributed by atoms with Crippen molar-refractivity contribution in [1.82, 2.24) is 4.90 Å². The molecule has 1 amide bonds. The third-order valence-corrected chi connectivity index (χ3v) is 4.45. The Labute approximate surface area is 120 Å². The van der Waals surface area contributed by atoms with Gasteiger partial charge in [0, 0.05) is 6.04 Å². The van der Waals surface area contributed by atoms with Crippen LogP contribution in [0.1, 0.15) is 44.9 Å². The van der Waals surface area contributed by atoms with Crippen LogP contribution in [0.25, 0.3) is 0 Å². The van der Waals surface area contributed by atoms with Crippen molar-refractivity contribution in [1.29, 1.82) is 0 Å². The molecule has 0 aromatic heterocycles. The monoisotopic (exact) mass is 305 g/mol. The van der Waals surface area contributed by atoms with Crippen LogP contribution in [0.2, 0.25) is 0 Å². The van der Waals surface area contributed by atoms with Crippen molar-refractivity contribution in [2.45, 2.75) is 57.1 Å². The van der Waals surface area contributed by atoms with Crippen LogP contribution in [-0.2, 0) is 19.0 Å². The number of hydrogen-bond donors (Lipinski definition) is 0. The van der Waals surface area contributed by atoms with Gasteiger partial charge in [0.2, 0.25) is 0 Å². The van der Waals surface area contributed by atoms with E-state index in [-0.39, 0.29) is 18.7 Å². The summed E-state index contributed by atoms with van der Waals surface area (Å²) >= 11 is 0. The lowest BCUT2D eigenvalue weighted by Gasteiger charge is -2.27. The second kappa shape index (κ2) is 6.76. The standard InChI is InChI=1S/C13H23NO5S/c1-20(16,17)18-10-12-9-14(13(15)19-12)11-7-5-3-2-4-6-8-11/h11-12H,2-10H2,1H3/t12-/m1/s1. The van der Waals surface area contributed by atoms with E-state index in [2.05, 4.69) is 0 Å². The fraction of sp³-hybridized carbons (Fsp3) is 0.923. The molecule has 0 unspecified atom stereocenters. The van der Waals surface area contributed by atoms with E-state index in [0.717, 1.165) is 31.9 Å². The molecule has 7 heteroatoms. The van der Waals surface area contributed by atoms with Gasteiger partial charge in [-0.15, -0.1) is 0 Å². The van der Waals surface area contributed by atoms with Crippen LogP contribution in [0.15, 0.2) is 0 Å². The molecule has 0 radical (unpaired) electrons. The molecule has 2 fully saturated rings. The number of carbonyl (C=O) groups excluding carboxylic acids is 1. The van der Waals surface area contributed by atoms with Crippen LogP contribution >= 0.6 is 0 Å². The van der Waals surface area contributed by atoms with E-state index in [1.165, 1.54) is 19.3 Å². The minimum Gasteiger partial charge on any atom is -0.442 e. The van der Waals surface area contributed by atoms with Gasteiger partial charge in [-0.3, -0.25) is 4.18 Å². The third-order valence-electron chi connectivity index (χ3n) is 3.89. The Hall–Kier alpha value is -0.820. The molecular weight excluding hydrogens is 282 g/mol. The van der Waals surface area contributed by atoms with Crippen molar-refractivity contribution < 1.29 is 22.1 Å². The van der Waals surface area contributed by atoms with Crippen LogP contribution in [-0.4, -0.2) is 51.0 Å². The lowest BCUT2D eigenvalue weighted by molar-refractivity contribution is 0.103. The molecule has 1 heterocycles. The maximum absolute atomic E-state index is 11.9. The Kier molecular flexibility index (Phi) is 5.26.